The highest BCUT2D eigenvalue weighted by atomic mass is 35.5. The minimum atomic E-state index is -4.88. The number of aromatic nitrogens is 3. The number of amides is 3. The zero-order valence-corrected chi connectivity index (χ0v) is 29.9. The van der Waals surface area contributed by atoms with Crippen LogP contribution in [0.2, 0.25) is 5.02 Å². The molecule has 9 rings (SSSR count). The lowest BCUT2D eigenvalue weighted by Crippen LogP contribution is -2.63. The van der Waals surface area contributed by atoms with E-state index in [1.165, 1.54) is 18.9 Å². The molecule has 1 unspecified atom stereocenters. The van der Waals surface area contributed by atoms with Gasteiger partial charge in [-0.3, -0.25) is 19.2 Å². The molecular formula is C37H42ClF3N8O4. The van der Waals surface area contributed by atoms with Gasteiger partial charge in [0.15, 0.2) is 0 Å². The maximum Gasteiger partial charge on any atom is 0.420 e. The summed E-state index contributed by atoms with van der Waals surface area (Å²) in [5, 5.41) is 13.3. The first-order valence-corrected chi connectivity index (χ1v) is 18.7. The fourth-order valence-electron chi connectivity index (χ4n) is 8.92. The van der Waals surface area contributed by atoms with Gasteiger partial charge in [-0.05, 0) is 68.5 Å². The van der Waals surface area contributed by atoms with Gasteiger partial charge in [0.1, 0.15) is 11.8 Å². The van der Waals surface area contributed by atoms with Crippen molar-refractivity contribution in [2.45, 2.75) is 56.4 Å². The number of hydrogen-bond donors (Lipinski definition) is 3. The third-order valence-electron chi connectivity index (χ3n) is 11.8. The molecule has 53 heavy (non-hydrogen) atoms. The van der Waals surface area contributed by atoms with Crippen molar-refractivity contribution in [1.29, 1.82) is 0 Å². The van der Waals surface area contributed by atoms with Crippen molar-refractivity contribution < 1.29 is 27.9 Å². The highest BCUT2D eigenvalue weighted by Gasteiger charge is 2.40. The summed E-state index contributed by atoms with van der Waals surface area (Å²) >= 11 is 6.03. The number of likely N-dealkylation sites (tertiary alicyclic amines) is 1. The third-order valence-corrected chi connectivity index (χ3v) is 12.1. The Bertz CT molecular complexity index is 2080. The fourth-order valence-corrected chi connectivity index (χ4v) is 9.16. The molecule has 12 nitrogen and oxygen atoms in total. The maximum absolute atomic E-state index is 14.1. The van der Waals surface area contributed by atoms with E-state index >= 15 is 0 Å². The van der Waals surface area contributed by atoms with E-state index in [0.29, 0.717) is 75.1 Å². The van der Waals surface area contributed by atoms with Gasteiger partial charge in [-0.25, -0.2) is 9.59 Å². The van der Waals surface area contributed by atoms with Gasteiger partial charge in [0.05, 0.1) is 33.3 Å². The minimum absolute atomic E-state index is 0.0586. The monoisotopic (exact) mass is 754 g/mol. The van der Waals surface area contributed by atoms with Gasteiger partial charge >= 0.3 is 17.9 Å². The number of benzene rings is 2. The van der Waals surface area contributed by atoms with E-state index in [-0.39, 0.29) is 29.6 Å². The number of hydrogen-bond acceptors (Lipinski definition) is 7. The smallest absolute Gasteiger partial charge is 0.420 e. The number of piperidine rings is 4. The number of urea groups is 1. The van der Waals surface area contributed by atoms with Gasteiger partial charge < -0.3 is 30.1 Å². The van der Waals surface area contributed by atoms with E-state index in [4.69, 9.17) is 11.6 Å². The van der Waals surface area contributed by atoms with Gasteiger partial charge in [-0.15, -0.1) is 0 Å². The number of rotatable bonds is 6. The van der Waals surface area contributed by atoms with Crippen LogP contribution in [0.3, 0.4) is 0 Å². The van der Waals surface area contributed by atoms with E-state index in [9.17, 15) is 32.7 Å². The van der Waals surface area contributed by atoms with Crippen LogP contribution in [0, 0.1) is 5.92 Å². The maximum atomic E-state index is 14.1. The van der Waals surface area contributed by atoms with Gasteiger partial charge in [-0.1, -0.05) is 29.8 Å². The molecule has 2 aromatic carbocycles. The number of phenols is 1. The van der Waals surface area contributed by atoms with Crippen LogP contribution in [0.4, 0.5) is 18.0 Å². The molecule has 3 amide bonds. The lowest BCUT2D eigenvalue weighted by Gasteiger charge is -2.51. The molecule has 5 saturated heterocycles. The molecular weight excluding hydrogens is 713 g/mol. The van der Waals surface area contributed by atoms with Gasteiger partial charge in [-0.2, -0.15) is 13.2 Å². The van der Waals surface area contributed by atoms with Crippen LogP contribution in [0.25, 0.3) is 21.9 Å². The van der Waals surface area contributed by atoms with Crippen molar-refractivity contribution in [3.05, 3.63) is 69.2 Å². The molecule has 16 heteroatoms. The lowest BCUT2D eigenvalue weighted by molar-refractivity contribution is -0.138. The van der Waals surface area contributed by atoms with Crippen LogP contribution in [0.5, 0.6) is 5.75 Å². The summed E-state index contributed by atoms with van der Waals surface area (Å²) in [6.45, 7) is 6.10. The fraction of sp³-hybridized carbons (Fsp3) is 0.514. The summed E-state index contributed by atoms with van der Waals surface area (Å²) in [5.41, 5.74) is 0.650. The second-order valence-corrected chi connectivity index (χ2v) is 15.2. The van der Waals surface area contributed by atoms with E-state index in [0.717, 1.165) is 36.6 Å². The molecule has 0 aliphatic carbocycles. The molecule has 2 aromatic heterocycles. The summed E-state index contributed by atoms with van der Waals surface area (Å²) in [6.07, 6.45) is -0.157. The number of aromatic amines is 1. The number of para-hydroxylation sites is 1. The van der Waals surface area contributed by atoms with Gasteiger partial charge in [0, 0.05) is 69.7 Å². The number of imidazole rings is 1. The summed E-state index contributed by atoms with van der Waals surface area (Å²) < 4.78 is 43.1. The number of piperazine rings is 1. The average molecular weight is 755 g/mol. The van der Waals surface area contributed by atoms with Crippen molar-refractivity contribution in [3.63, 3.8) is 0 Å². The molecule has 5 aliphatic heterocycles. The number of phenolic OH excluding ortho intramolecular Hbond substituents is 1. The number of H-pyrrole nitrogens is 1. The normalized spacial score (nSPS) is 23.5. The number of nitrogens with one attached hydrogen (secondary N) is 2. The molecule has 7 heterocycles. The Morgan fingerprint density at radius 2 is 1.70 bits per heavy atom. The molecule has 0 saturated carbocycles. The summed E-state index contributed by atoms with van der Waals surface area (Å²) in [6, 6.07) is 8.08. The number of nitrogens with zero attached hydrogens (tertiary/aromatic N) is 6. The van der Waals surface area contributed by atoms with Crippen LogP contribution < -0.4 is 11.0 Å². The number of carbonyl (C=O) groups is 2. The van der Waals surface area contributed by atoms with E-state index < -0.39 is 34.6 Å². The van der Waals surface area contributed by atoms with Crippen LogP contribution >= 0.6 is 11.6 Å². The number of pyridine rings is 1. The largest absolute Gasteiger partial charge is 0.506 e. The lowest BCUT2D eigenvalue weighted by atomic mass is 9.83. The molecule has 282 valence electrons. The zero-order valence-electron chi connectivity index (χ0n) is 29.1. The molecule has 5 fully saturated rings. The van der Waals surface area contributed by atoms with Crippen molar-refractivity contribution in [3.8, 4) is 5.75 Å². The Hall–Kier alpha value is -4.34. The van der Waals surface area contributed by atoms with Crippen molar-refractivity contribution in [1.82, 2.24) is 39.5 Å². The molecule has 5 aliphatic rings. The first-order valence-electron chi connectivity index (χ1n) is 18.3. The predicted molar refractivity (Wildman–Crippen MR) is 193 cm³/mol. The van der Waals surface area contributed by atoms with Gasteiger partial charge in [0.2, 0.25) is 5.91 Å². The Morgan fingerprint density at radius 3 is 2.38 bits per heavy atom. The van der Waals surface area contributed by atoms with Crippen molar-refractivity contribution >= 4 is 45.5 Å². The SMILES string of the molecule is O=C(N[C@H](Cc1cc(Cl)c(O)c(C(F)(F)F)c1)C(=O)N1CCN(C2CN3CCC2CC3)CC1)N1CCC(n2c(=O)[nH]c3c4ccccc4ncc32)CC1. The molecule has 0 spiro atoms. The molecule has 2 bridgehead atoms. The molecule has 0 radical (unpaired) electrons. The number of halogens is 4. The summed E-state index contributed by atoms with van der Waals surface area (Å²) in [5.74, 6) is -0.823. The minimum Gasteiger partial charge on any atom is -0.506 e. The average Bonchev–Trinajstić information content (AvgIpc) is 3.51. The molecule has 2 atom stereocenters. The second-order valence-electron chi connectivity index (χ2n) is 14.8. The Morgan fingerprint density at radius 1 is 0.981 bits per heavy atom. The van der Waals surface area contributed by atoms with E-state index in [1.54, 1.807) is 20.6 Å². The summed E-state index contributed by atoms with van der Waals surface area (Å²) in [4.78, 5) is 56.8. The summed E-state index contributed by atoms with van der Waals surface area (Å²) in [7, 11) is 0. The first kappa shape index (κ1) is 35.7. The number of alkyl halides is 3. The van der Waals surface area contributed by atoms with Crippen LogP contribution in [-0.2, 0) is 17.4 Å². The number of fused-ring (bicyclic) bond motifs is 6. The van der Waals surface area contributed by atoms with Crippen LogP contribution in [0.1, 0.15) is 42.9 Å². The Balaban J connectivity index is 0.976. The molecule has 4 aromatic rings. The zero-order chi connectivity index (χ0) is 37.0. The van der Waals surface area contributed by atoms with Gasteiger partial charge in [0.25, 0.3) is 0 Å². The van der Waals surface area contributed by atoms with E-state index in [1.807, 2.05) is 24.3 Å². The van der Waals surface area contributed by atoms with Crippen molar-refractivity contribution in [2.24, 2.45) is 5.92 Å². The second kappa shape index (κ2) is 14.1. The first-order chi connectivity index (χ1) is 25.4. The highest BCUT2D eigenvalue weighted by Crippen LogP contribution is 2.41. The third kappa shape index (κ3) is 6.94. The topological polar surface area (TPSA) is 130 Å². The van der Waals surface area contributed by atoms with Crippen LogP contribution in [-0.4, -0.2) is 122 Å². The predicted octanol–water partition coefficient (Wildman–Crippen LogP) is 4.45. The number of carbonyl (C=O) groups excluding carboxylic acids is 2. The number of aromatic hydroxyl groups is 1. The standard InChI is InChI=1S/C37H42ClF3N8O4/c38-27-18-22(17-26(33(27)50)37(39,40)41)19-29(34(51)47-15-13-46(14-16-47)31-21-45-9-5-23(31)6-10-45)43-35(52)48-11-7-24(8-12-48)49-30-20-42-28-4-2-1-3-25(28)32(30)44-36(49)53/h1-4,17-18,20,23-24,29,31,50H,5-16,19,21H2,(H,43,52)(H,44,53)/t29-,31?/m1/s1. The molecule has 3 N–H and O–H groups in total. The Kier molecular flexibility index (Phi) is 9.52. The van der Waals surface area contributed by atoms with E-state index in [2.05, 4.69) is 25.1 Å². The Labute approximate surface area is 308 Å². The quantitative estimate of drug-likeness (QED) is 0.265. The highest BCUT2D eigenvalue weighted by molar-refractivity contribution is 6.32. The van der Waals surface area contributed by atoms with Crippen LogP contribution in [0.15, 0.2) is 47.4 Å². The van der Waals surface area contributed by atoms with Crippen molar-refractivity contribution in [2.75, 3.05) is 58.9 Å².